The van der Waals surface area contributed by atoms with Crippen molar-refractivity contribution in [3.63, 3.8) is 0 Å². The van der Waals surface area contributed by atoms with Crippen molar-refractivity contribution in [2.45, 2.75) is 26.6 Å². The molecule has 0 aromatic carbocycles. The van der Waals surface area contributed by atoms with Crippen LogP contribution >= 0.6 is 0 Å². The van der Waals surface area contributed by atoms with Gasteiger partial charge < -0.3 is 10.7 Å². The number of H-pyrrole nitrogens is 1. The highest BCUT2D eigenvalue weighted by molar-refractivity contribution is 5.38. The van der Waals surface area contributed by atoms with Gasteiger partial charge in [0.2, 0.25) is 0 Å². The van der Waals surface area contributed by atoms with E-state index >= 15 is 0 Å². The van der Waals surface area contributed by atoms with E-state index in [1.807, 2.05) is 0 Å². The van der Waals surface area contributed by atoms with E-state index < -0.39 is 0 Å². The first-order valence-corrected chi connectivity index (χ1v) is 4.30. The molecule has 0 bridgehead atoms. The molecular formula is C9H15N3. The molecule has 0 spiro atoms. The number of aromatic amines is 1. The summed E-state index contributed by atoms with van der Waals surface area (Å²) in [5, 5.41) is 0. The Morgan fingerprint density at radius 3 is 2.92 bits per heavy atom. The van der Waals surface area contributed by atoms with Crippen LogP contribution in [0.3, 0.4) is 0 Å². The molecule has 0 atom stereocenters. The molecule has 1 aliphatic rings. The SMILES string of the molecule is Cc1[nH]c2c(c1CN)CN(C)C2. The minimum Gasteiger partial charge on any atom is -0.361 e. The zero-order chi connectivity index (χ0) is 8.72. The lowest BCUT2D eigenvalue weighted by molar-refractivity contribution is 0.349. The maximum atomic E-state index is 5.68. The minimum absolute atomic E-state index is 0.658. The Morgan fingerprint density at radius 1 is 1.50 bits per heavy atom. The van der Waals surface area contributed by atoms with Crippen LogP contribution in [-0.4, -0.2) is 16.9 Å². The van der Waals surface area contributed by atoms with Gasteiger partial charge in [0.25, 0.3) is 0 Å². The molecule has 0 amide bonds. The van der Waals surface area contributed by atoms with E-state index in [0.717, 1.165) is 13.1 Å². The normalized spacial score (nSPS) is 16.9. The Balaban J connectivity index is 2.44. The standard InChI is InChI=1S/C9H15N3/c1-6-7(3-10)8-4-12(2)5-9(8)11-6/h11H,3-5,10H2,1-2H3. The summed E-state index contributed by atoms with van der Waals surface area (Å²) in [4.78, 5) is 5.68. The van der Waals surface area contributed by atoms with Crippen LogP contribution in [0.1, 0.15) is 22.5 Å². The van der Waals surface area contributed by atoms with Crippen molar-refractivity contribution in [1.82, 2.24) is 9.88 Å². The van der Waals surface area contributed by atoms with Crippen molar-refractivity contribution in [2.75, 3.05) is 7.05 Å². The molecule has 0 aliphatic carbocycles. The van der Waals surface area contributed by atoms with Crippen LogP contribution in [0.4, 0.5) is 0 Å². The van der Waals surface area contributed by atoms with E-state index in [9.17, 15) is 0 Å². The van der Waals surface area contributed by atoms with E-state index in [1.54, 1.807) is 0 Å². The molecule has 0 radical (unpaired) electrons. The highest BCUT2D eigenvalue weighted by Crippen LogP contribution is 2.26. The monoisotopic (exact) mass is 165 g/mol. The van der Waals surface area contributed by atoms with Gasteiger partial charge in [-0.15, -0.1) is 0 Å². The first kappa shape index (κ1) is 7.83. The van der Waals surface area contributed by atoms with Gasteiger partial charge in [0.05, 0.1) is 0 Å². The molecular weight excluding hydrogens is 150 g/mol. The molecule has 3 N–H and O–H groups in total. The molecule has 0 saturated carbocycles. The Labute approximate surface area is 72.6 Å². The van der Waals surface area contributed by atoms with E-state index in [4.69, 9.17) is 5.73 Å². The van der Waals surface area contributed by atoms with E-state index in [1.165, 1.54) is 22.5 Å². The fourth-order valence-corrected chi connectivity index (χ4v) is 1.98. The van der Waals surface area contributed by atoms with Crippen molar-refractivity contribution < 1.29 is 0 Å². The first-order chi connectivity index (χ1) is 5.72. The molecule has 3 heteroatoms. The summed E-state index contributed by atoms with van der Waals surface area (Å²) in [5.74, 6) is 0. The number of nitrogens with two attached hydrogens (primary N) is 1. The third-order valence-electron chi connectivity index (χ3n) is 2.58. The van der Waals surface area contributed by atoms with Gasteiger partial charge in [-0.3, -0.25) is 4.90 Å². The molecule has 2 heterocycles. The topological polar surface area (TPSA) is 45.1 Å². The summed E-state index contributed by atoms with van der Waals surface area (Å²) in [5.41, 5.74) is 11.0. The highest BCUT2D eigenvalue weighted by atomic mass is 15.1. The van der Waals surface area contributed by atoms with Crippen molar-refractivity contribution in [3.05, 3.63) is 22.5 Å². The summed E-state index contributed by atoms with van der Waals surface area (Å²) in [6, 6.07) is 0. The Kier molecular flexibility index (Phi) is 1.70. The van der Waals surface area contributed by atoms with Crippen molar-refractivity contribution in [3.8, 4) is 0 Å². The summed E-state index contributed by atoms with van der Waals surface area (Å²) >= 11 is 0. The Hall–Kier alpha value is -0.800. The summed E-state index contributed by atoms with van der Waals surface area (Å²) in [6.45, 7) is 4.84. The number of fused-ring (bicyclic) bond motifs is 1. The lowest BCUT2D eigenvalue weighted by Crippen LogP contribution is -2.10. The second kappa shape index (κ2) is 2.61. The predicted molar refractivity (Wildman–Crippen MR) is 48.6 cm³/mol. The number of rotatable bonds is 1. The highest BCUT2D eigenvalue weighted by Gasteiger charge is 2.21. The van der Waals surface area contributed by atoms with Crippen LogP contribution in [-0.2, 0) is 19.6 Å². The lowest BCUT2D eigenvalue weighted by atomic mass is 10.1. The number of aromatic nitrogens is 1. The van der Waals surface area contributed by atoms with Crippen LogP contribution in [0.2, 0.25) is 0 Å². The number of nitrogens with zero attached hydrogens (tertiary/aromatic N) is 1. The molecule has 0 fully saturated rings. The average Bonchev–Trinajstić information content (AvgIpc) is 2.43. The lowest BCUT2D eigenvalue weighted by Gasteiger charge is -2.06. The molecule has 1 aliphatic heterocycles. The predicted octanol–water partition coefficient (Wildman–Crippen LogP) is 0.727. The van der Waals surface area contributed by atoms with Crippen LogP contribution in [0.25, 0.3) is 0 Å². The molecule has 2 rings (SSSR count). The van der Waals surface area contributed by atoms with Gasteiger partial charge in [0.1, 0.15) is 0 Å². The minimum atomic E-state index is 0.658. The molecule has 0 unspecified atom stereocenters. The van der Waals surface area contributed by atoms with Gasteiger partial charge in [0.15, 0.2) is 0 Å². The molecule has 1 aromatic heterocycles. The Bertz CT molecular complexity index is 301. The van der Waals surface area contributed by atoms with Gasteiger partial charge >= 0.3 is 0 Å². The van der Waals surface area contributed by atoms with Gasteiger partial charge in [-0.2, -0.15) is 0 Å². The van der Waals surface area contributed by atoms with Crippen LogP contribution < -0.4 is 5.73 Å². The Morgan fingerprint density at radius 2 is 2.25 bits per heavy atom. The number of nitrogens with one attached hydrogen (secondary N) is 1. The third-order valence-corrected chi connectivity index (χ3v) is 2.58. The summed E-state index contributed by atoms with van der Waals surface area (Å²) in [6.07, 6.45) is 0. The zero-order valence-corrected chi connectivity index (χ0v) is 7.65. The van der Waals surface area contributed by atoms with E-state index in [-0.39, 0.29) is 0 Å². The second-order valence-electron chi connectivity index (χ2n) is 3.56. The van der Waals surface area contributed by atoms with Gasteiger partial charge in [0, 0.05) is 31.0 Å². The van der Waals surface area contributed by atoms with Gasteiger partial charge in [-0.1, -0.05) is 0 Å². The van der Waals surface area contributed by atoms with Gasteiger partial charge in [-0.05, 0) is 25.1 Å². The molecule has 3 nitrogen and oxygen atoms in total. The summed E-state index contributed by atoms with van der Waals surface area (Å²) in [7, 11) is 2.13. The number of hydrogen-bond donors (Lipinski definition) is 2. The van der Waals surface area contributed by atoms with Crippen LogP contribution in [0, 0.1) is 6.92 Å². The maximum absolute atomic E-state index is 5.68. The summed E-state index contributed by atoms with van der Waals surface area (Å²) < 4.78 is 0. The largest absolute Gasteiger partial charge is 0.361 e. The van der Waals surface area contributed by atoms with E-state index in [2.05, 4.69) is 23.9 Å². The molecule has 0 saturated heterocycles. The molecule has 66 valence electrons. The van der Waals surface area contributed by atoms with Crippen molar-refractivity contribution in [1.29, 1.82) is 0 Å². The molecule has 1 aromatic rings. The van der Waals surface area contributed by atoms with Crippen LogP contribution in [0.15, 0.2) is 0 Å². The molecule has 12 heavy (non-hydrogen) atoms. The smallest absolute Gasteiger partial charge is 0.0389 e. The fourth-order valence-electron chi connectivity index (χ4n) is 1.98. The van der Waals surface area contributed by atoms with E-state index in [0.29, 0.717) is 6.54 Å². The quantitative estimate of drug-likeness (QED) is 0.644. The third kappa shape index (κ3) is 0.974. The first-order valence-electron chi connectivity index (χ1n) is 4.30. The number of hydrogen-bond acceptors (Lipinski definition) is 2. The number of aryl methyl sites for hydroxylation is 1. The zero-order valence-electron chi connectivity index (χ0n) is 7.65. The second-order valence-corrected chi connectivity index (χ2v) is 3.56. The fraction of sp³-hybridized carbons (Fsp3) is 0.556. The average molecular weight is 165 g/mol. The maximum Gasteiger partial charge on any atom is 0.0389 e. The van der Waals surface area contributed by atoms with Crippen molar-refractivity contribution in [2.24, 2.45) is 5.73 Å². The van der Waals surface area contributed by atoms with Gasteiger partial charge in [-0.25, -0.2) is 0 Å². The van der Waals surface area contributed by atoms with Crippen molar-refractivity contribution >= 4 is 0 Å². The van der Waals surface area contributed by atoms with Crippen LogP contribution in [0.5, 0.6) is 0 Å².